The van der Waals surface area contributed by atoms with Gasteiger partial charge in [-0.1, -0.05) is 31.9 Å². The smallest absolute Gasteiger partial charge is 0.224 e. The molecule has 1 aliphatic carbocycles. The number of fused-ring (bicyclic) bond motifs is 1. The fourth-order valence-corrected chi connectivity index (χ4v) is 2.61. The van der Waals surface area contributed by atoms with Crippen LogP contribution in [0.5, 0.6) is 0 Å². The molecule has 1 aliphatic rings. The lowest BCUT2D eigenvalue weighted by Crippen LogP contribution is -2.20. The zero-order valence-corrected chi connectivity index (χ0v) is 11.8. The molecule has 3 nitrogen and oxygen atoms in total. The molecular weight excluding hydrogens is 258 g/mol. The minimum absolute atomic E-state index is 0.308. The van der Waals surface area contributed by atoms with E-state index in [0.717, 1.165) is 29.1 Å². The first kappa shape index (κ1) is 12.7. The summed E-state index contributed by atoms with van der Waals surface area (Å²) in [4.78, 5) is 8.62. The number of halogens is 1. The lowest BCUT2D eigenvalue weighted by Gasteiger charge is -2.18. The summed E-state index contributed by atoms with van der Waals surface area (Å²) < 4.78 is 0. The lowest BCUT2D eigenvalue weighted by molar-refractivity contribution is 0.585. The van der Waals surface area contributed by atoms with Crippen molar-refractivity contribution < 1.29 is 0 Å². The molecule has 19 heavy (non-hydrogen) atoms. The van der Waals surface area contributed by atoms with Gasteiger partial charge in [0.1, 0.15) is 5.82 Å². The first-order valence-electron chi connectivity index (χ1n) is 6.95. The third-order valence-electron chi connectivity index (χ3n) is 3.72. The largest absolute Gasteiger partial charge is 0.367 e. The highest BCUT2D eigenvalue weighted by Gasteiger charge is 2.25. The molecule has 0 radical (unpaired) electrons. The number of nitrogens with zero attached hydrogens (tertiary/aromatic N) is 2. The van der Waals surface area contributed by atoms with E-state index in [-0.39, 0.29) is 0 Å². The Kier molecular flexibility index (Phi) is 3.56. The molecule has 0 spiro atoms. The average molecular weight is 276 g/mol. The van der Waals surface area contributed by atoms with Gasteiger partial charge in [-0.15, -0.1) is 0 Å². The van der Waals surface area contributed by atoms with E-state index in [1.807, 2.05) is 24.3 Å². The van der Waals surface area contributed by atoms with Crippen molar-refractivity contribution in [3.63, 3.8) is 0 Å². The van der Waals surface area contributed by atoms with Crippen LogP contribution in [-0.2, 0) is 0 Å². The Morgan fingerprint density at radius 3 is 2.84 bits per heavy atom. The lowest BCUT2D eigenvalue weighted by atomic mass is 10.1. The molecule has 0 aliphatic heterocycles. The molecule has 1 unspecified atom stereocenters. The van der Waals surface area contributed by atoms with Gasteiger partial charge in [0.25, 0.3) is 0 Å². The zero-order valence-electron chi connectivity index (χ0n) is 11.1. The Bertz CT molecular complexity index is 581. The number of para-hydroxylation sites is 1. The second-order valence-electron chi connectivity index (χ2n) is 5.29. The Hall–Kier alpha value is -1.35. The van der Waals surface area contributed by atoms with E-state index in [9.17, 15) is 0 Å². The van der Waals surface area contributed by atoms with Gasteiger partial charge < -0.3 is 5.32 Å². The summed E-state index contributed by atoms with van der Waals surface area (Å²) in [5, 5.41) is 4.90. The minimum atomic E-state index is 0.308. The van der Waals surface area contributed by atoms with Crippen molar-refractivity contribution in [1.82, 2.24) is 9.97 Å². The molecule has 0 amide bonds. The Morgan fingerprint density at radius 2 is 2.11 bits per heavy atom. The molecule has 1 N–H and O–H groups in total. The summed E-state index contributed by atoms with van der Waals surface area (Å²) in [6, 6.07) is 8.46. The number of anilines is 1. The number of nitrogens with one attached hydrogen (secondary N) is 1. The van der Waals surface area contributed by atoms with E-state index in [2.05, 4.69) is 22.2 Å². The van der Waals surface area contributed by atoms with Crippen LogP contribution in [-0.4, -0.2) is 16.0 Å². The molecule has 1 aromatic carbocycles. The molecule has 1 saturated carbocycles. The molecule has 0 saturated heterocycles. The van der Waals surface area contributed by atoms with Crippen LogP contribution in [0.25, 0.3) is 10.9 Å². The number of benzene rings is 1. The average Bonchev–Trinajstić information content (AvgIpc) is 3.21. The molecule has 4 heteroatoms. The van der Waals surface area contributed by atoms with Crippen molar-refractivity contribution in [2.45, 2.75) is 38.6 Å². The topological polar surface area (TPSA) is 37.8 Å². The van der Waals surface area contributed by atoms with E-state index >= 15 is 0 Å². The second-order valence-corrected chi connectivity index (χ2v) is 5.63. The summed E-state index contributed by atoms with van der Waals surface area (Å²) in [7, 11) is 0. The van der Waals surface area contributed by atoms with Gasteiger partial charge in [0.15, 0.2) is 0 Å². The van der Waals surface area contributed by atoms with Crippen LogP contribution in [0.1, 0.15) is 32.6 Å². The summed E-state index contributed by atoms with van der Waals surface area (Å²) >= 11 is 6.01. The number of aromatic nitrogens is 2. The molecule has 0 bridgehead atoms. The van der Waals surface area contributed by atoms with Crippen LogP contribution < -0.4 is 5.32 Å². The first-order valence-corrected chi connectivity index (χ1v) is 7.33. The van der Waals surface area contributed by atoms with Crippen LogP contribution in [0.15, 0.2) is 24.3 Å². The summed E-state index contributed by atoms with van der Waals surface area (Å²) in [5.74, 6) is 1.77. The summed E-state index contributed by atoms with van der Waals surface area (Å²) in [5.41, 5.74) is 0.895. The molecule has 1 heterocycles. The maximum atomic E-state index is 6.01. The predicted octanol–water partition coefficient (Wildman–Crippen LogP) is 4.27. The highest BCUT2D eigenvalue weighted by Crippen LogP contribution is 2.35. The minimum Gasteiger partial charge on any atom is -0.367 e. The van der Waals surface area contributed by atoms with Crippen LogP contribution in [0.2, 0.25) is 5.28 Å². The van der Waals surface area contributed by atoms with E-state index in [4.69, 9.17) is 11.6 Å². The Balaban J connectivity index is 1.89. The molecule has 3 rings (SSSR count). The number of rotatable bonds is 5. The highest BCUT2D eigenvalue weighted by molar-refractivity contribution is 6.28. The molecule has 1 fully saturated rings. The van der Waals surface area contributed by atoms with Gasteiger partial charge in [0.2, 0.25) is 5.28 Å². The van der Waals surface area contributed by atoms with Gasteiger partial charge in [-0.05, 0) is 42.5 Å². The van der Waals surface area contributed by atoms with Crippen molar-refractivity contribution in [2.24, 2.45) is 5.92 Å². The molecule has 1 aromatic heterocycles. The quantitative estimate of drug-likeness (QED) is 0.828. The van der Waals surface area contributed by atoms with Crippen molar-refractivity contribution >= 4 is 28.3 Å². The molecular formula is C15H18ClN3. The molecule has 2 aromatic rings. The van der Waals surface area contributed by atoms with E-state index in [1.165, 1.54) is 19.3 Å². The maximum Gasteiger partial charge on any atom is 0.224 e. The van der Waals surface area contributed by atoms with Gasteiger partial charge in [-0.25, -0.2) is 9.97 Å². The normalized spacial score (nSPS) is 16.5. The van der Waals surface area contributed by atoms with Crippen LogP contribution in [0, 0.1) is 5.92 Å². The Labute approximate surface area is 118 Å². The van der Waals surface area contributed by atoms with Crippen LogP contribution in [0.4, 0.5) is 5.82 Å². The van der Waals surface area contributed by atoms with Gasteiger partial charge in [-0.2, -0.15) is 0 Å². The standard InChI is InChI=1S/C15H18ClN3/c1-2-11(9-10-7-8-10)17-14-12-5-3-4-6-13(12)18-15(16)19-14/h3-6,10-11H,2,7-9H2,1H3,(H,17,18,19). The summed E-state index contributed by atoms with van der Waals surface area (Å²) in [6.45, 7) is 2.21. The predicted molar refractivity (Wildman–Crippen MR) is 79.6 cm³/mol. The van der Waals surface area contributed by atoms with Crippen LogP contribution in [0.3, 0.4) is 0 Å². The van der Waals surface area contributed by atoms with Crippen molar-refractivity contribution in [1.29, 1.82) is 0 Å². The van der Waals surface area contributed by atoms with Crippen molar-refractivity contribution in [2.75, 3.05) is 5.32 Å². The van der Waals surface area contributed by atoms with E-state index in [0.29, 0.717) is 11.3 Å². The summed E-state index contributed by atoms with van der Waals surface area (Å²) in [6.07, 6.45) is 5.09. The highest BCUT2D eigenvalue weighted by atomic mass is 35.5. The SMILES string of the molecule is CCC(CC1CC1)Nc1nc(Cl)nc2ccccc12. The monoisotopic (exact) mass is 275 g/mol. The maximum absolute atomic E-state index is 6.01. The van der Waals surface area contributed by atoms with Gasteiger partial charge in [-0.3, -0.25) is 0 Å². The first-order chi connectivity index (χ1) is 9.26. The van der Waals surface area contributed by atoms with Gasteiger partial charge in [0, 0.05) is 11.4 Å². The van der Waals surface area contributed by atoms with Crippen LogP contribution >= 0.6 is 11.6 Å². The van der Waals surface area contributed by atoms with E-state index in [1.54, 1.807) is 0 Å². The second kappa shape index (κ2) is 5.33. The van der Waals surface area contributed by atoms with Crippen molar-refractivity contribution in [3.8, 4) is 0 Å². The fraction of sp³-hybridized carbons (Fsp3) is 0.467. The van der Waals surface area contributed by atoms with Gasteiger partial charge in [0.05, 0.1) is 5.52 Å². The molecule has 100 valence electrons. The van der Waals surface area contributed by atoms with Crippen molar-refractivity contribution in [3.05, 3.63) is 29.5 Å². The fourth-order valence-electron chi connectivity index (χ4n) is 2.44. The number of hydrogen-bond donors (Lipinski definition) is 1. The molecule has 1 atom stereocenters. The third kappa shape index (κ3) is 2.98. The van der Waals surface area contributed by atoms with Gasteiger partial charge >= 0.3 is 0 Å². The Morgan fingerprint density at radius 1 is 1.32 bits per heavy atom. The third-order valence-corrected chi connectivity index (χ3v) is 3.89. The zero-order chi connectivity index (χ0) is 13.2. The number of hydrogen-bond acceptors (Lipinski definition) is 3. The van der Waals surface area contributed by atoms with E-state index < -0.39 is 0 Å².